The fourth-order valence-corrected chi connectivity index (χ4v) is 5.20. The molecule has 0 radical (unpaired) electrons. The number of methoxy groups -OCH3 is 1. The van der Waals surface area contributed by atoms with E-state index < -0.39 is 5.54 Å². The third-order valence-electron chi connectivity index (χ3n) is 6.91. The number of ketones is 1. The zero-order valence-corrected chi connectivity index (χ0v) is 18.6. The Hall–Kier alpha value is -3.09. The predicted molar refractivity (Wildman–Crippen MR) is 122 cm³/mol. The third kappa shape index (κ3) is 3.94. The fourth-order valence-electron chi connectivity index (χ4n) is 5.20. The molecule has 1 atom stereocenters. The third-order valence-corrected chi connectivity index (χ3v) is 6.91. The molecule has 0 aromatic heterocycles. The molecule has 2 aliphatic rings. The topological polar surface area (TPSA) is 32.8 Å². The van der Waals surface area contributed by atoms with E-state index in [0.717, 1.165) is 25.4 Å². The SMILES string of the molecule is COc1ccc(CN2CCN(C3(c4cccc(F)c4)Cc4cc(F)ccc4C3=O)CC2)cc1. The molecule has 170 valence electrons. The molecule has 0 spiro atoms. The predicted octanol–water partition coefficient (Wildman–Crippen LogP) is 4.43. The van der Waals surface area contributed by atoms with E-state index in [1.807, 2.05) is 18.2 Å². The van der Waals surface area contributed by atoms with Crippen molar-refractivity contribution in [2.75, 3.05) is 33.3 Å². The molecule has 0 N–H and O–H groups in total. The standard InChI is InChI=1S/C27H26F2N2O2/c1-33-24-8-5-19(6-9-24)18-30-11-13-31(14-12-30)27(21-3-2-4-22(28)16-21)17-20-15-23(29)7-10-25(20)26(27)32/h2-10,15-16H,11-14,17-18H2,1H3. The van der Waals surface area contributed by atoms with Gasteiger partial charge in [-0.25, -0.2) is 8.78 Å². The van der Waals surface area contributed by atoms with Gasteiger partial charge in [0.2, 0.25) is 0 Å². The molecule has 0 bridgehead atoms. The molecule has 1 aliphatic heterocycles. The molecule has 4 nitrogen and oxygen atoms in total. The molecule has 1 fully saturated rings. The summed E-state index contributed by atoms with van der Waals surface area (Å²) in [6.45, 7) is 3.69. The van der Waals surface area contributed by atoms with Gasteiger partial charge < -0.3 is 4.74 Å². The molecule has 1 saturated heterocycles. The first-order valence-electron chi connectivity index (χ1n) is 11.2. The summed E-state index contributed by atoms with van der Waals surface area (Å²) in [5.74, 6) is 0.0175. The van der Waals surface area contributed by atoms with E-state index in [1.54, 1.807) is 19.2 Å². The molecule has 0 saturated carbocycles. The molecule has 0 amide bonds. The van der Waals surface area contributed by atoms with Crippen LogP contribution in [-0.4, -0.2) is 48.9 Å². The maximum atomic E-state index is 14.2. The van der Waals surface area contributed by atoms with Crippen LogP contribution in [0.25, 0.3) is 0 Å². The zero-order chi connectivity index (χ0) is 23.0. The Kier molecular flexibility index (Phi) is 5.72. The summed E-state index contributed by atoms with van der Waals surface area (Å²) < 4.78 is 33.4. The van der Waals surface area contributed by atoms with Crippen LogP contribution in [0, 0.1) is 11.6 Å². The highest BCUT2D eigenvalue weighted by Crippen LogP contribution is 2.43. The summed E-state index contributed by atoms with van der Waals surface area (Å²) in [4.78, 5) is 18.3. The van der Waals surface area contributed by atoms with Crippen LogP contribution in [0.3, 0.4) is 0 Å². The van der Waals surface area contributed by atoms with Gasteiger partial charge in [0.15, 0.2) is 5.78 Å². The van der Waals surface area contributed by atoms with Gasteiger partial charge in [0.05, 0.1) is 7.11 Å². The van der Waals surface area contributed by atoms with E-state index in [9.17, 15) is 13.6 Å². The van der Waals surface area contributed by atoms with E-state index >= 15 is 0 Å². The minimum absolute atomic E-state index is 0.0771. The highest BCUT2D eigenvalue weighted by molar-refractivity contribution is 6.08. The molecule has 1 heterocycles. The number of fused-ring (bicyclic) bond motifs is 1. The van der Waals surface area contributed by atoms with E-state index in [2.05, 4.69) is 21.9 Å². The summed E-state index contributed by atoms with van der Waals surface area (Å²) in [5.41, 5.74) is 2.03. The van der Waals surface area contributed by atoms with Crippen molar-refractivity contribution in [3.8, 4) is 5.75 Å². The lowest BCUT2D eigenvalue weighted by Crippen LogP contribution is -2.58. The van der Waals surface area contributed by atoms with Crippen molar-refractivity contribution in [1.29, 1.82) is 0 Å². The van der Waals surface area contributed by atoms with Crippen molar-refractivity contribution in [3.05, 3.63) is 101 Å². The normalized spacial score (nSPS) is 21.2. The van der Waals surface area contributed by atoms with Crippen LogP contribution in [0.1, 0.15) is 27.0 Å². The highest BCUT2D eigenvalue weighted by atomic mass is 19.1. The van der Waals surface area contributed by atoms with Crippen LogP contribution < -0.4 is 4.74 Å². The summed E-state index contributed by atoms with van der Waals surface area (Å²) in [7, 11) is 1.65. The molecule has 1 aliphatic carbocycles. The van der Waals surface area contributed by atoms with Crippen molar-refractivity contribution < 1.29 is 18.3 Å². The Labute approximate surface area is 192 Å². The van der Waals surface area contributed by atoms with Gasteiger partial charge in [-0.3, -0.25) is 14.6 Å². The van der Waals surface area contributed by atoms with Crippen molar-refractivity contribution >= 4 is 5.78 Å². The van der Waals surface area contributed by atoms with E-state index in [0.29, 0.717) is 36.2 Å². The van der Waals surface area contributed by atoms with Crippen molar-refractivity contribution in [3.63, 3.8) is 0 Å². The maximum Gasteiger partial charge on any atom is 0.188 e. The first-order valence-corrected chi connectivity index (χ1v) is 11.2. The van der Waals surface area contributed by atoms with Crippen molar-refractivity contribution in [2.24, 2.45) is 0 Å². The molecular formula is C27H26F2N2O2. The van der Waals surface area contributed by atoms with Crippen LogP contribution in [-0.2, 0) is 18.5 Å². The van der Waals surface area contributed by atoms with Crippen LogP contribution in [0.5, 0.6) is 5.75 Å². The molecule has 3 aromatic rings. The minimum atomic E-state index is -1.01. The number of hydrogen-bond acceptors (Lipinski definition) is 4. The minimum Gasteiger partial charge on any atom is -0.497 e. The maximum absolute atomic E-state index is 14.2. The number of halogens is 2. The van der Waals surface area contributed by atoms with Crippen LogP contribution in [0.4, 0.5) is 8.78 Å². The number of hydrogen-bond donors (Lipinski definition) is 0. The van der Waals surface area contributed by atoms with Gasteiger partial charge in [-0.05, 0) is 59.2 Å². The quantitative estimate of drug-likeness (QED) is 0.578. The number of carbonyl (C=O) groups excluding carboxylic acids is 1. The number of Topliss-reactive ketones (excluding diaryl/α,β-unsaturated/α-hetero) is 1. The lowest BCUT2D eigenvalue weighted by molar-refractivity contribution is 0.0287. The highest BCUT2D eigenvalue weighted by Gasteiger charge is 2.51. The average molecular weight is 449 g/mol. The summed E-state index contributed by atoms with van der Waals surface area (Å²) in [6, 6.07) is 18.6. The van der Waals surface area contributed by atoms with Gasteiger partial charge in [-0.2, -0.15) is 0 Å². The number of nitrogens with zero attached hydrogens (tertiary/aromatic N) is 2. The number of benzene rings is 3. The van der Waals surface area contributed by atoms with Gasteiger partial charge in [0.1, 0.15) is 22.9 Å². The number of ether oxygens (including phenoxy) is 1. The average Bonchev–Trinajstić information content (AvgIpc) is 3.12. The molecule has 33 heavy (non-hydrogen) atoms. The van der Waals surface area contributed by atoms with Crippen molar-refractivity contribution in [2.45, 2.75) is 18.5 Å². The summed E-state index contributed by atoms with van der Waals surface area (Å²) in [5, 5.41) is 0. The van der Waals surface area contributed by atoms with E-state index in [-0.39, 0.29) is 17.4 Å². The molecule has 6 heteroatoms. The summed E-state index contributed by atoms with van der Waals surface area (Å²) >= 11 is 0. The fraction of sp³-hybridized carbons (Fsp3) is 0.296. The lowest BCUT2D eigenvalue weighted by Gasteiger charge is -2.45. The molecule has 5 rings (SSSR count). The number of rotatable bonds is 5. The molecule has 3 aromatic carbocycles. The van der Waals surface area contributed by atoms with Crippen LogP contribution in [0.2, 0.25) is 0 Å². The van der Waals surface area contributed by atoms with Gasteiger partial charge >= 0.3 is 0 Å². The molecular weight excluding hydrogens is 422 g/mol. The second-order valence-corrected chi connectivity index (χ2v) is 8.79. The smallest absolute Gasteiger partial charge is 0.188 e. The lowest BCUT2D eigenvalue weighted by atomic mass is 9.83. The largest absolute Gasteiger partial charge is 0.497 e. The number of carbonyl (C=O) groups is 1. The Morgan fingerprint density at radius 1 is 0.909 bits per heavy atom. The molecule has 1 unspecified atom stereocenters. The second-order valence-electron chi connectivity index (χ2n) is 8.79. The van der Waals surface area contributed by atoms with Gasteiger partial charge in [-0.15, -0.1) is 0 Å². The second kappa shape index (κ2) is 8.69. The first-order chi connectivity index (χ1) is 16.0. The van der Waals surface area contributed by atoms with Gasteiger partial charge in [0, 0.05) is 44.7 Å². The van der Waals surface area contributed by atoms with E-state index in [4.69, 9.17) is 4.74 Å². The Morgan fingerprint density at radius 3 is 2.33 bits per heavy atom. The monoisotopic (exact) mass is 448 g/mol. The Balaban J connectivity index is 1.40. The van der Waals surface area contributed by atoms with Gasteiger partial charge in [0.25, 0.3) is 0 Å². The number of piperazine rings is 1. The van der Waals surface area contributed by atoms with Crippen LogP contribution >= 0.6 is 0 Å². The zero-order valence-electron chi connectivity index (χ0n) is 18.6. The first kappa shape index (κ1) is 21.7. The van der Waals surface area contributed by atoms with E-state index in [1.165, 1.54) is 29.8 Å². The Bertz CT molecular complexity index is 1170. The van der Waals surface area contributed by atoms with Crippen LogP contribution in [0.15, 0.2) is 66.7 Å². The van der Waals surface area contributed by atoms with Crippen molar-refractivity contribution in [1.82, 2.24) is 9.80 Å². The Morgan fingerprint density at radius 2 is 1.64 bits per heavy atom. The summed E-state index contributed by atoms with van der Waals surface area (Å²) in [6.07, 6.45) is 0.348. The van der Waals surface area contributed by atoms with Gasteiger partial charge in [-0.1, -0.05) is 24.3 Å².